The number of hydrogen-bond acceptors (Lipinski definition) is 6. The van der Waals surface area contributed by atoms with Crippen LogP contribution in [0.15, 0.2) is 53.1 Å². The number of anilines is 1. The van der Waals surface area contributed by atoms with Gasteiger partial charge in [0.2, 0.25) is 0 Å². The van der Waals surface area contributed by atoms with Crippen molar-refractivity contribution in [3.05, 3.63) is 76.5 Å². The maximum atomic E-state index is 13.6. The van der Waals surface area contributed by atoms with Gasteiger partial charge in [-0.25, -0.2) is 9.78 Å². The van der Waals surface area contributed by atoms with Crippen molar-refractivity contribution in [2.45, 2.75) is 26.9 Å². The van der Waals surface area contributed by atoms with Crippen molar-refractivity contribution in [1.82, 2.24) is 10.1 Å². The number of aryl methyl sites for hydroxylation is 2. The fourth-order valence-electron chi connectivity index (χ4n) is 3.63. The zero-order valence-electron chi connectivity index (χ0n) is 19.0. The van der Waals surface area contributed by atoms with E-state index >= 15 is 0 Å². The SMILES string of the molecule is Cc1cccc(NC(=O)COC(=O)c2cc(-c3ccccc3C(F)(F)F)nc3onc(C)c23)c1C. The van der Waals surface area contributed by atoms with Crippen LogP contribution in [0, 0.1) is 20.8 Å². The summed E-state index contributed by atoms with van der Waals surface area (Å²) in [6.45, 7) is 4.70. The normalized spacial score (nSPS) is 11.5. The van der Waals surface area contributed by atoms with Crippen LogP contribution in [0.5, 0.6) is 0 Å². The third-order valence-corrected chi connectivity index (χ3v) is 5.56. The zero-order chi connectivity index (χ0) is 25.3. The van der Waals surface area contributed by atoms with Gasteiger partial charge < -0.3 is 14.6 Å². The monoisotopic (exact) mass is 483 g/mol. The van der Waals surface area contributed by atoms with Crippen LogP contribution in [0.1, 0.15) is 32.7 Å². The van der Waals surface area contributed by atoms with E-state index in [1.165, 1.54) is 24.3 Å². The summed E-state index contributed by atoms with van der Waals surface area (Å²) >= 11 is 0. The molecule has 0 saturated heterocycles. The second-order valence-electron chi connectivity index (χ2n) is 7.92. The Hall–Kier alpha value is -4.21. The number of ether oxygens (including phenoxy) is 1. The number of amides is 1. The lowest BCUT2D eigenvalue weighted by molar-refractivity contribution is -0.137. The first-order valence-corrected chi connectivity index (χ1v) is 10.5. The topological polar surface area (TPSA) is 94.3 Å². The second-order valence-corrected chi connectivity index (χ2v) is 7.92. The Kier molecular flexibility index (Phi) is 6.29. The van der Waals surface area contributed by atoms with Gasteiger partial charge >= 0.3 is 12.1 Å². The van der Waals surface area contributed by atoms with E-state index in [2.05, 4.69) is 15.5 Å². The number of carbonyl (C=O) groups is 2. The molecule has 2 aromatic heterocycles. The molecule has 0 unspecified atom stereocenters. The number of nitrogens with one attached hydrogen (secondary N) is 1. The quantitative estimate of drug-likeness (QED) is 0.370. The summed E-state index contributed by atoms with van der Waals surface area (Å²) in [5, 5.41) is 6.64. The van der Waals surface area contributed by atoms with Crippen LogP contribution in [0.2, 0.25) is 0 Å². The number of halogens is 3. The summed E-state index contributed by atoms with van der Waals surface area (Å²) in [6, 6.07) is 11.4. The molecule has 0 saturated carbocycles. The van der Waals surface area contributed by atoms with Gasteiger partial charge in [0.15, 0.2) is 6.61 Å². The third kappa shape index (κ3) is 4.86. The Morgan fingerprint density at radius 1 is 1.06 bits per heavy atom. The van der Waals surface area contributed by atoms with Crippen molar-refractivity contribution in [3.63, 3.8) is 0 Å². The van der Waals surface area contributed by atoms with Gasteiger partial charge in [-0.3, -0.25) is 4.79 Å². The summed E-state index contributed by atoms with van der Waals surface area (Å²) in [4.78, 5) is 29.4. The second kappa shape index (κ2) is 9.21. The molecule has 7 nitrogen and oxygen atoms in total. The molecule has 0 radical (unpaired) electrons. The molecule has 0 spiro atoms. The molecule has 0 fully saturated rings. The van der Waals surface area contributed by atoms with Crippen LogP contribution in [-0.4, -0.2) is 28.6 Å². The molecule has 0 bridgehead atoms. The first-order valence-electron chi connectivity index (χ1n) is 10.5. The fraction of sp³-hybridized carbons (Fsp3) is 0.200. The highest BCUT2D eigenvalue weighted by Crippen LogP contribution is 2.37. The van der Waals surface area contributed by atoms with Crippen molar-refractivity contribution in [2.75, 3.05) is 11.9 Å². The first kappa shape index (κ1) is 23.9. The van der Waals surface area contributed by atoms with Crippen molar-refractivity contribution < 1.29 is 32.0 Å². The van der Waals surface area contributed by atoms with E-state index in [0.29, 0.717) is 11.4 Å². The predicted molar refractivity (Wildman–Crippen MR) is 122 cm³/mol. The van der Waals surface area contributed by atoms with E-state index in [1.54, 1.807) is 19.1 Å². The average Bonchev–Trinajstić information content (AvgIpc) is 3.20. The molecule has 2 heterocycles. The van der Waals surface area contributed by atoms with Gasteiger partial charge in [-0.2, -0.15) is 13.2 Å². The minimum atomic E-state index is -4.64. The fourth-order valence-corrected chi connectivity index (χ4v) is 3.63. The number of nitrogens with zero attached hydrogens (tertiary/aromatic N) is 2. The van der Waals surface area contributed by atoms with Gasteiger partial charge in [-0.15, -0.1) is 0 Å². The van der Waals surface area contributed by atoms with Gasteiger partial charge in [0.05, 0.1) is 27.9 Å². The largest absolute Gasteiger partial charge is 0.452 e. The van der Waals surface area contributed by atoms with Crippen LogP contribution < -0.4 is 5.32 Å². The van der Waals surface area contributed by atoms with Crippen LogP contribution in [-0.2, 0) is 15.7 Å². The maximum Gasteiger partial charge on any atom is 0.417 e. The molecule has 0 aliphatic carbocycles. The lowest BCUT2D eigenvalue weighted by Crippen LogP contribution is -2.21. The highest BCUT2D eigenvalue weighted by molar-refractivity contribution is 6.05. The first-order chi connectivity index (χ1) is 16.6. The van der Waals surface area contributed by atoms with E-state index in [9.17, 15) is 22.8 Å². The molecule has 1 amide bonds. The smallest absolute Gasteiger partial charge is 0.417 e. The number of esters is 1. The molecule has 1 N–H and O–H groups in total. The molecular weight excluding hydrogens is 463 g/mol. The molecule has 0 aliphatic heterocycles. The lowest BCUT2D eigenvalue weighted by Gasteiger charge is -2.13. The number of rotatable bonds is 5. The number of hydrogen-bond donors (Lipinski definition) is 1. The average molecular weight is 483 g/mol. The number of fused-ring (bicyclic) bond motifs is 1. The van der Waals surface area contributed by atoms with Crippen LogP contribution in [0.3, 0.4) is 0 Å². The van der Waals surface area contributed by atoms with E-state index in [0.717, 1.165) is 17.2 Å². The molecular formula is C25H20F3N3O4. The molecule has 10 heteroatoms. The molecule has 0 aliphatic rings. The summed E-state index contributed by atoms with van der Waals surface area (Å²) in [6.07, 6.45) is -4.64. The summed E-state index contributed by atoms with van der Waals surface area (Å²) in [5.41, 5.74) is 1.20. The highest BCUT2D eigenvalue weighted by Gasteiger charge is 2.34. The Bertz CT molecular complexity index is 1440. The van der Waals surface area contributed by atoms with Gasteiger partial charge in [0, 0.05) is 11.3 Å². The summed E-state index contributed by atoms with van der Waals surface area (Å²) in [7, 11) is 0. The number of carbonyl (C=O) groups excluding carboxylic acids is 2. The lowest BCUT2D eigenvalue weighted by atomic mass is 10.0. The molecule has 35 heavy (non-hydrogen) atoms. The minimum absolute atomic E-state index is 0.111. The van der Waals surface area contributed by atoms with Gasteiger partial charge in [-0.05, 0) is 50.1 Å². The summed E-state index contributed by atoms with van der Waals surface area (Å²) < 4.78 is 51.0. The molecule has 4 aromatic rings. The highest BCUT2D eigenvalue weighted by atomic mass is 19.4. The number of pyridine rings is 1. The number of alkyl halides is 3. The number of aromatic nitrogens is 2. The van der Waals surface area contributed by atoms with Crippen LogP contribution in [0.25, 0.3) is 22.4 Å². The Morgan fingerprint density at radius 2 is 1.80 bits per heavy atom. The molecule has 180 valence electrons. The van der Waals surface area contributed by atoms with Gasteiger partial charge in [-0.1, -0.05) is 35.5 Å². The molecule has 4 rings (SSSR count). The van der Waals surface area contributed by atoms with Crippen molar-refractivity contribution >= 4 is 28.7 Å². The van der Waals surface area contributed by atoms with E-state index in [4.69, 9.17) is 9.26 Å². The van der Waals surface area contributed by atoms with Gasteiger partial charge in [0.1, 0.15) is 0 Å². The standard InChI is InChI=1S/C25H20F3N3O4/c1-13-7-6-10-19(14(13)2)29-21(32)12-34-24(33)17-11-20(30-23-22(17)15(3)31-35-23)16-8-4-5-9-18(16)25(26,27)28/h4-11H,12H2,1-3H3,(H,29,32). The van der Waals surface area contributed by atoms with Crippen molar-refractivity contribution in [2.24, 2.45) is 0 Å². The Morgan fingerprint density at radius 3 is 2.54 bits per heavy atom. The maximum absolute atomic E-state index is 13.6. The Balaban J connectivity index is 1.64. The zero-order valence-corrected chi connectivity index (χ0v) is 19.0. The minimum Gasteiger partial charge on any atom is -0.452 e. The summed E-state index contributed by atoms with van der Waals surface area (Å²) in [5.74, 6) is -1.49. The third-order valence-electron chi connectivity index (χ3n) is 5.56. The predicted octanol–water partition coefficient (Wildman–Crippen LogP) is 5.63. The van der Waals surface area contributed by atoms with Gasteiger partial charge in [0.25, 0.3) is 11.6 Å². The van der Waals surface area contributed by atoms with Crippen LogP contribution >= 0.6 is 0 Å². The van der Waals surface area contributed by atoms with Crippen molar-refractivity contribution in [1.29, 1.82) is 0 Å². The van der Waals surface area contributed by atoms with E-state index in [1.807, 2.05) is 19.9 Å². The van der Waals surface area contributed by atoms with E-state index in [-0.39, 0.29) is 27.9 Å². The molecule has 2 aromatic carbocycles. The molecule has 0 atom stereocenters. The van der Waals surface area contributed by atoms with Crippen LogP contribution in [0.4, 0.5) is 18.9 Å². The Labute approximate surface area is 197 Å². The number of benzene rings is 2. The van der Waals surface area contributed by atoms with Crippen molar-refractivity contribution in [3.8, 4) is 11.3 Å². The van der Waals surface area contributed by atoms with E-state index < -0.39 is 30.2 Å².